The van der Waals surface area contributed by atoms with Gasteiger partial charge in [0.1, 0.15) is 0 Å². The molecule has 1 N–H and O–H groups in total. The van der Waals surface area contributed by atoms with E-state index < -0.39 is 11.7 Å². The fourth-order valence-corrected chi connectivity index (χ4v) is 3.22. The molecule has 0 saturated carbocycles. The van der Waals surface area contributed by atoms with E-state index >= 15 is 0 Å². The summed E-state index contributed by atoms with van der Waals surface area (Å²) >= 11 is 0. The van der Waals surface area contributed by atoms with Crippen LogP contribution in [0.4, 0.5) is 0 Å². The van der Waals surface area contributed by atoms with E-state index in [1.165, 1.54) is 0 Å². The molecule has 1 rings (SSSR count). The van der Waals surface area contributed by atoms with E-state index in [1.54, 1.807) is 14.2 Å². The van der Waals surface area contributed by atoms with E-state index in [-0.39, 0.29) is 11.5 Å². The molecule has 0 aromatic rings. The SMILES string of the molecule is COCCCN(CCOC)CC1C(O)C(C)(C)OC1(C)C. The Morgan fingerprint density at radius 2 is 1.62 bits per heavy atom. The van der Waals surface area contributed by atoms with Crippen LogP contribution in [0.5, 0.6) is 0 Å². The van der Waals surface area contributed by atoms with Gasteiger partial charge in [-0.05, 0) is 34.1 Å². The Balaban J connectivity index is 2.67. The Hall–Kier alpha value is -0.200. The normalized spacial score (nSPS) is 27.4. The van der Waals surface area contributed by atoms with Crippen LogP contribution in [0.2, 0.25) is 0 Å². The van der Waals surface area contributed by atoms with Crippen LogP contribution in [-0.2, 0) is 14.2 Å². The summed E-state index contributed by atoms with van der Waals surface area (Å²) in [5.41, 5.74) is -0.816. The lowest BCUT2D eigenvalue weighted by molar-refractivity contribution is -0.0914. The van der Waals surface area contributed by atoms with E-state index in [0.29, 0.717) is 6.61 Å². The summed E-state index contributed by atoms with van der Waals surface area (Å²) in [5, 5.41) is 10.6. The molecule has 2 atom stereocenters. The third kappa shape index (κ3) is 5.18. The molecule has 5 heteroatoms. The highest BCUT2D eigenvalue weighted by atomic mass is 16.5. The molecular weight excluding hydrogens is 270 g/mol. The van der Waals surface area contributed by atoms with Crippen molar-refractivity contribution < 1.29 is 19.3 Å². The minimum atomic E-state index is -0.492. The fourth-order valence-electron chi connectivity index (χ4n) is 3.22. The maximum Gasteiger partial charge on any atom is 0.0896 e. The van der Waals surface area contributed by atoms with Crippen LogP contribution in [0, 0.1) is 5.92 Å². The van der Waals surface area contributed by atoms with Gasteiger partial charge < -0.3 is 24.2 Å². The Labute approximate surface area is 129 Å². The standard InChI is InChI=1S/C16H33NO4/c1-15(2)13(14(18)16(3,4)21-15)12-17(9-11-20-6)8-7-10-19-5/h13-14,18H,7-12H2,1-6H3. The predicted octanol–water partition coefficient (Wildman–Crippen LogP) is 1.54. The summed E-state index contributed by atoms with van der Waals surface area (Å²) in [7, 11) is 3.44. The Morgan fingerprint density at radius 1 is 1.00 bits per heavy atom. The summed E-state index contributed by atoms with van der Waals surface area (Å²) < 4.78 is 16.4. The van der Waals surface area contributed by atoms with Crippen molar-refractivity contribution in [2.24, 2.45) is 5.92 Å². The minimum Gasteiger partial charge on any atom is -0.390 e. The van der Waals surface area contributed by atoms with E-state index in [2.05, 4.69) is 18.7 Å². The summed E-state index contributed by atoms with van der Waals surface area (Å²) in [4.78, 5) is 2.34. The fraction of sp³-hybridized carbons (Fsp3) is 1.00. The largest absolute Gasteiger partial charge is 0.390 e. The molecule has 0 spiro atoms. The maximum atomic E-state index is 10.6. The topological polar surface area (TPSA) is 51.2 Å². The zero-order valence-electron chi connectivity index (χ0n) is 14.5. The molecule has 5 nitrogen and oxygen atoms in total. The Bertz CT molecular complexity index is 307. The Morgan fingerprint density at radius 3 is 2.10 bits per heavy atom. The third-order valence-corrected chi connectivity index (χ3v) is 4.40. The first-order chi connectivity index (χ1) is 9.74. The van der Waals surface area contributed by atoms with Gasteiger partial charge in [-0.1, -0.05) is 0 Å². The van der Waals surface area contributed by atoms with Crippen molar-refractivity contribution >= 4 is 0 Å². The monoisotopic (exact) mass is 303 g/mol. The summed E-state index contributed by atoms with van der Waals surface area (Å²) in [6, 6.07) is 0. The Kier molecular flexibility index (Phi) is 7.07. The second-order valence-electron chi connectivity index (χ2n) is 7.00. The number of aliphatic hydroxyl groups is 1. The molecule has 0 aliphatic carbocycles. The van der Waals surface area contributed by atoms with Gasteiger partial charge in [0.25, 0.3) is 0 Å². The van der Waals surface area contributed by atoms with Gasteiger partial charge in [-0.2, -0.15) is 0 Å². The van der Waals surface area contributed by atoms with Gasteiger partial charge in [0.15, 0.2) is 0 Å². The van der Waals surface area contributed by atoms with Crippen LogP contribution >= 0.6 is 0 Å². The van der Waals surface area contributed by atoms with Crippen LogP contribution in [0.25, 0.3) is 0 Å². The zero-order chi connectivity index (χ0) is 16.1. The molecule has 0 aromatic heterocycles. The lowest BCUT2D eigenvalue weighted by atomic mass is 9.84. The molecule has 126 valence electrons. The van der Waals surface area contributed by atoms with E-state index in [0.717, 1.165) is 32.7 Å². The molecule has 21 heavy (non-hydrogen) atoms. The van der Waals surface area contributed by atoms with Gasteiger partial charge in [-0.3, -0.25) is 0 Å². The number of hydrogen-bond acceptors (Lipinski definition) is 5. The second-order valence-corrected chi connectivity index (χ2v) is 7.00. The van der Waals surface area contributed by atoms with Gasteiger partial charge in [-0.25, -0.2) is 0 Å². The van der Waals surface area contributed by atoms with E-state index in [1.807, 2.05) is 13.8 Å². The van der Waals surface area contributed by atoms with Crippen molar-refractivity contribution in [1.82, 2.24) is 4.90 Å². The average Bonchev–Trinajstić information content (AvgIpc) is 2.53. The highest BCUT2D eigenvalue weighted by Gasteiger charge is 2.53. The molecule has 1 fully saturated rings. The predicted molar refractivity (Wildman–Crippen MR) is 83.5 cm³/mol. The highest BCUT2D eigenvalue weighted by molar-refractivity contribution is 5.02. The summed E-state index contributed by atoms with van der Waals surface area (Å²) in [6.45, 7) is 12.1. The molecule has 0 aromatic carbocycles. The number of rotatable bonds is 9. The number of ether oxygens (including phenoxy) is 3. The lowest BCUT2D eigenvalue weighted by Crippen LogP contribution is -2.44. The smallest absolute Gasteiger partial charge is 0.0896 e. The van der Waals surface area contributed by atoms with Crippen LogP contribution in [0.3, 0.4) is 0 Å². The lowest BCUT2D eigenvalue weighted by Gasteiger charge is -2.32. The van der Waals surface area contributed by atoms with Crippen molar-refractivity contribution in [2.45, 2.75) is 51.4 Å². The van der Waals surface area contributed by atoms with Gasteiger partial charge in [0, 0.05) is 46.4 Å². The zero-order valence-corrected chi connectivity index (χ0v) is 14.5. The van der Waals surface area contributed by atoms with Crippen molar-refractivity contribution in [3.05, 3.63) is 0 Å². The molecule has 1 aliphatic heterocycles. The first-order valence-corrected chi connectivity index (χ1v) is 7.83. The van der Waals surface area contributed by atoms with E-state index in [4.69, 9.17) is 14.2 Å². The van der Waals surface area contributed by atoms with Crippen molar-refractivity contribution in [1.29, 1.82) is 0 Å². The summed E-state index contributed by atoms with van der Waals surface area (Å²) in [6.07, 6.45) is 0.522. The number of aliphatic hydroxyl groups excluding tert-OH is 1. The highest BCUT2D eigenvalue weighted by Crippen LogP contribution is 2.42. The van der Waals surface area contributed by atoms with Crippen LogP contribution in [0.15, 0.2) is 0 Å². The summed E-state index contributed by atoms with van der Waals surface area (Å²) in [5.74, 6) is 0.0897. The van der Waals surface area contributed by atoms with Crippen molar-refractivity contribution in [2.75, 3.05) is 47.1 Å². The quantitative estimate of drug-likeness (QED) is 0.655. The molecule has 0 radical (unpaired) electrons. The third-order valence-electron chi connectivity index (χ3n) is 4.40. The molecule has 2 unspecified atom stereocenters. The van der Waals surface area contributed by atoms with Gasteiger partial charge >= 0.3 is 0 Å². The number of hydrogen-bond donors (Lipinski definition) is 1. The molecule has 1 heterocycles. The van der Waals surface area contributed by atoms with Crippen LogP contribution in [0.1, 0.15) is 34.1 Å². The van der Waals surface area contributed by atoms with Gasteiger partial charge in [0.05, 0.1) is 23.9 Å². The van der Waals surface area contributed by atoms with Crippen molar-refractivity contribution in [3.8, 4) is 0 Å². The van der Waals surface area contributed by atoms with Crippen molar-refractivity contribution in [3.63, 3.8) is 0 Å². The van der Waals surface area contributed by atoms with Crippen LogP contribution < -0.4 is 0 Å². The molecule has 0 bridgehead atoms. The van der Waals surface area contributed by atoms with Gasteiger partial charge in [-0.15, -0.1) is 0 Å². The first kappa shape index (κ1) is 18.8. The molecule has 1 saturated heterocycles. The van der Waals surface area contributed by atoms with Gasteiger partial charge in [0.2, 0.25) is 0 Å². The molecule has 1 aliphatic rings. The maximum absolute atomic E-state index is 10.6. The molecular formula is C16H33NO4. The first-order valence-electron chi connectivity index (χ1n) is 7.83. The number of nitrogens with zero attached hydrogens (tertiary/aromatic N) is 1. The number of methoxy groups -OCH3 is 2. The minimum absolute atomic E-state index is 0.0897. The van der Waals surface area contributed by atoms with E-state index in [9.17, 15) is 5.11 Å². The molecule has 0 amide bonds. The second kappa shape index (κ2) is 7.88. The average molecular weight is 303 g/mol. The van der Waals surface area contributed by atoms with Crippen LogP contribution in [-0.4, -0.2) is 74.4 Å².